The summed E-state index contributed by atoms with van der Waals surface area (Å²) < 4.78 is 4.83. The SMILES string of the molecule is COCC(O)CCNC(=O)C1CSC2(C)CCC(=O)N12. The second kappa shape index (κ2) is 6.32. The number of methoxy groups -OCH3 is 1. The number of nitrogens with one attached hydrogen (secondary N) is 1. The normalized spacial score (nSPS) is 30.4. The van der Waals surface area contributed by atoms with E-state index in [4.69, 9.17) is 4.74 Å². The number of amides is 2. The molecule has 0 radical (unpaired) electrons. The summed E-state index contributed by atoms with van der Waals surface area (Å²) in [6.07, 6.45) is 1.22. The van der Waals surface area contributed by atoms with Crippen LogP contribution in [0.25, 0.3) is 0 Å². The lowest BCUT2D eigenvalue weighted by Gasteiger charge is -2.29. The molecule has 2 aliphatic rings. The number of carbonyl (C=O) groups is 2. The molecule has 0 aliphatic carbocycles. The van der Waals surface area contributed by atoms with Gasteiger partial charge in [-0.25, -0.2) is 0 Å². The number of hydrogen-bond donors (Lipinski definition) is 2. The number of nitrogens with zero attached hydrogens (tertiary/aromatic N) is 1. The molecule has 2 fully saturated rings. The number of aliphatic hydroxyl groups is 1. The molecular formula is C13H22N2O4S. The van der Waals surface area contributed by atoms with E-state index < -0.39 is 6.10 Å². The van der Waals surface area contributed by atoms with Gasteiger partial charge in [-0.05, 0) is 19.8 Å². The monoisotopic (exact) mass is 302 g/mol. The van der Waals surface area contributed by atoms with Crippen LogP contribution in [0.2, 0.25) is 0 Å². The Bertz CT molecular complexity index is 393. The molecular weight excluding hydrogens is 280 g/mol. The molecule has 2 amide bonds. The second-order valence-electron chi connectivity index (χ2n) is 5.45. The van der Waals surface area contributed by atoms with E-state index >= 15 is 0 Å². The van der Waals surface area contributed by atoms with Crippen molar-refractivity contribution < 1.29 is 19.4 Å². The lowest BCUT2D eigenvalue weighted by molar-refractivity contribution is -0.138. The van der Waals surface area contributed by atoms with Gasteiger partial charge in [0.25, 0.3) is 0 Å². The summed E-state index contributed by atoms with van der Waals surface area (Å²) >= 11 is 1.68. The number of carbonyl (C=O) groups excluding carboxylic acids is 2. The minimum absolute atomic E-state index is 0.0667. The highest BCUT2D eigenvalue weighted by Crippen LogP contribution is 2.47. The molecule has 0 saturated carbocycles. The molecule has 0 aromatic rings. The van der Waals surface area contributed by atoms with Gasteiger partial charge in [-0.2, -0.15) is 0 Å². The van der Waals surface area contributed by atoms with Crippen LogP contribution >= 0.6 is 11.8 Å². The molecule has 7 heteroatoms. The molecule has 2 saturated heterocycles. The molecule has 0 bridgehead atoms. The van der Waals surface area contributed by atoms with Crippen LogP contribution in [0.5, 0.6) is 0 Å². The zero-order chi connectivity index (χ0) is 14.8. The number of ether oxygens (including phenoxy) is 1. The average Bonchev–Trinajstić information content (AvgIpc) is 2.87. The third kappa shape index (κ3) is 3.10. The maximum absolute atomic E-state index is 12.2. The first-order valence-electron chi connectivity index (χ1n) is 6.89. The van der Waals surface area contributed by atoms with Gasteiger partial charge in [0.1, 0.15) is 6.04 Å². The minimum atomic E-state index is -0.572. The standard InChI is InChI=1S/C13H22N2O4S/c1-13-5-3-11(17)15(13)10(8-20-13)12(18)14-6-4-9(16)7-19-2/h9-10,16H,3-8H2,1-2H3,(H,14,18). The van der Waals surface area contributed by atoms with Crippen LogP contribution in [0.1, 0.15) is 26.2 Å². The molecule has 2 aliphatic heterocycles. The highest BCUT2D eigenvalue weighted by Gasteiger charge is 2.52. The average molecular weight is 302 g/mol. The summed E-state index contributed by atoms with van der Waals surface area (Å²) in [4.78, 5) is 25.6. The molecule has 3 unspecified atom stereocenters. The highest BCUT2D eigenvalue weighted by atomic mass is 32.2. The molecule has 2 heterocycles. The topological polar surface area (TPSA) is 78.9 Å². The van der Waals surface area contributed by atoms with Crippen molar-refractivity contribution in [2.45, 2.75) is 43.2 Å². The Balaban J connectivity index is 1.83. The van der Waals surface area contributed by atoms with Gasteiger partial charge in [-0.15, -0.1) is 11.8 Å². The molecule has 2 N–H and O–H groups in total. The van der Waals surface area contributed by atoms with Crippen LogP contribution in [0.3, 0.4) is 0 Å². The Kier molecular flexibility index (Phi) is 4.93. The first-order valence-corrected chi connectivity index (χ1v) is 7.87. The number of fused-ring (bicyclic) bond motifs is 1. The molecule has 0 aromatic heterocycles. The Morgan fingerprint density at radius 3 is 3.15 bits per heavy atom. The van der Waals surface area contributed by atoms with Crippen molar-refractivity contribution in [2.75, 3.05) is 26.0 Å². The van der Waals surface area contributed by atoms with Crippen molar-refractivity contribution >= 4 is 23.6 Å². The molecule has 0 spiro atoms. The van der Waals surface area contributed by atoms with Crippen molar-refractivity contribution in [1.82, 2.24) is 10.2 Å². The van der Waals surface area contributed by atoms with Crippen LogP contribution in [-0.4, -0.2) is 64.9 Å². The Morgan fingerprint density at radius 1 is 1.70 bits per heavy atom. The van der Waals surface area contributed by atoms with E-state index in [0.29, 0.717) is 25.1 Å². The smallest absolute Gasteiger partial charge is 0.243 e. The molecule has 114 valence electrons. The van der Waals surface area contributed by atoms with Gasteiger partial charge < -0.3 is 20.1 Å². The molecule has 6 nitrogen and oxygen atoms in total. The summed E-state index contributed by atoms with van der Waals surface area (Å²) in [5, 5.41) is 12.3. The van der Waals surface area contributed by atoms with Gasteiger partial charge in [0.05, 0.1) is 17.6 Å². The Morgan fingerprint density at radius 2 is 2.45 bits per heavy atom. The maximum atomic E-state index is 12.2. The van der Waals surface area contributed by atoms with E-state index in [1.165, 1.54) is 7.11 Å². The zero-order valence-electron chi connectivity index (χ0n) is 11.9. The van der Waals surface area contributed by atoms with Gasteiger partial charge >= 0.3 is 0 Å². The van der Waals surface area contributed by atoms with Gasteiger partial charge in [-0.1, -0.05) is 0 Å². The number of aliphatic hydroxyl groups excluding tert-OH is 1. The minimum Gasteiger partial charge on any atom is -0.391 e. The largest absolute Gasteiger partial charge is 0.391 e. The molecule has 2 rings (SSSR count). The van der Waals surface area contributed by atoms with Crippen molar-refractivity contribution in [3.05, 3.63) is 0 Å². The third-order valence-corrected chi connectivity index (χ3v) is 5.39. The predicted molar refractivity (Wildman–Crippen MR) is 76.2 cm³/mol. The first-order chi connectivity index (χ1) is 9.48. The number of thioether (sulfide) groups is 1. The van der Waals surface area contributed by atoms with Gasteiger partial charge in [0.2, 0.25) is 11.8 Å². The quantitative estimate of drug-likeness (QED) is 0.719. The molecule has 3 atom stereocenters. The van der Waals surface area contributed by atoms with E-state index in [2.05, 4.69) is 5.32 Å². The van der Waals surface area contributed by atoms with E-state index in [-0.39, 0.29) is 29.3 Å². The fourth-order valence-electron chi connectivity index (χ4n) is 2.77. The molecule has 20 heavy (non-hydrogen) atoms. The lowest BCUT2D eigenvalue weighted by atomic mass is 10.2. The number of hydrogen-bond acceptors (Lipinski definition) is 5. The first kappa shape index (κ1) is 15.6. The van der Waals surface area contributed by atoms with Crippen LogP contribution < -0.4 is 5.32 Å². The summed E-state index contributed by atoms with van der Waals surface area (Å²) in [6, 6.07) is -0.375. The van der Waals surface area contributed by atoms with E-state index in [1.807, 2.05) is 6.92 Å². The van der Waals surface area contributed by atoms with Crippen LogP contribution in [0.15, 0.2) is 0 Å². The second-order valence-corrected chi connectivity index (χ2v) is 6.96. The fourth-order valence-corrected chi connectivity index (χ4v) is 4.20. The lowest BCUT2D eigenvalue weighted by Crippen LogP contribution is -2.50. The van der Waals surface area contributed by atoms with Gasteiger partial charge in [-0.3, -0.25) is 9.59 Å². The van der Waals surface area contributed by atoms with Crippen LogP contribution in [0.4, 0.5) is 0 Å². The van der Waals surface area contributed by atoms with E-state index in [1.54, 1.807) is 16.7 Å². The third-order valence-electron chi connectivity index (χ3n) is 3.88. The maximum Gasteiger partial charge on any atom is 0.243 e. The predicted octanol–water partition coefficient (Wildman–Crippen LogP) is -0.0460. The Hall–Kier alpha value is -0.790. The van der Waals surface area contributed by atoms with Gasteiger partial charge in [0, 0.05) is 25.8 Å². The Labute approximate surface area is 123 Å². The molecule has 0 aromatic carbocycles. The summed E-state index contributed by atoms with van der Waals surface area (Å²) in [5.41, 5.74) is 0. The number of rotatable bonds is 6. The van der Waals surface area contributed by atoms with E-state index in [0.717, 1.165) is 6.42 Å². The van der Waals surface area contributed by atoms with Crippen LogP contribution in [-0.2, 0) is 14.3 Å². The fraction of sp³-hybridized carbons (Fsp3) is 0.846. The van der Waals surface area contributed by atoms with Crippen molar-refractivity contribution in [2.24, 2.45) is 0 Å². The highest BCUT2D eigenvalue weighted by molar-refractivity contribution is 8.01. The van der Waals surface area contributed by atoms with Crippen LogP contribution in [0, 0.1) is 0 Å². The summed E-state index contributed by atoms with van der Waals surface area (Å²) in [5.74, 6) is 0.590. The summed E-state index contributed by atoms with van der Waals surface area (Å²) in [7, 11) is 1.53. The summed E-state index contributed by atoms with van der Waals surface area (Å²) in [6.45, 7) is 2.68. The van der Waals surface area contributed by atoms with E-state index in [9.17, 15) is 14.7 Å². The van der Waals surface area contributed by atoms with Crippen molar-refractivity contribution in [3.63, 3.8) is 0 Å². The van der Waals surface area contributed by atoms with Gasteiger partial charge in [0.15, 0.2) is 0 Å². The van der Waals surface area contributed by atoms with Crippen molar-refractivity contribution in [1.29, 1.82) is 0 Å². The van der Waals surface area contributed by atoms with Crippen molar-refractivity contribution in [3.8, 4) is 0 Å². The zero-order valence-corrected chi connectivity index (χ0v) is 12.7.